The van der Waals surface area contributed by atoms with E-state index in [9.17, 15) is 13.2 Å². The molecule has 0 saturated carbocycles. The number of hydrogen-bond donors (Lipinski definition) is 2. The van der Waals surface area contributed by atoms with Gasteiger partial charge in [0.25, 0.3) is 0 Å². The molecule has 3 rings (SSSR count). The lowest BCUT2D eigenvalue weighted by molar-refractivity contribution is -0.121. The number of carbonyl (C=O) groups excluding carboxylic acids is 1. The monoisotopic (exact) mass is 452 g/mol. The second kappa shape index (κ2) is 11.5. The molecule has 0 aliphatic heterocycles. The standard InChI is InChI=1S/C25H28N2O4S/c1-31-24-10-6-5-9-22(24)19-26-25(28)16-13-21-11-14-23(15-12-21)32(29,30)27-18-17-20-7-3-2-4-8-20/h2-12,14-15,27H,13,16-19H2,1H3,(H,26,28). The number of rotatable bonds is 11. The van der Waals surface area contributed by atoms with Crippen molar-refractivity contribution in [1.29, 1.82) is 0 Å². The molecule has 0 bridgehead atoms. The van der Waals surface area contributed by atoms with E-state index in [4.69, 9.17) is 4.74 Å². The van der Waals surface area contributed by atoms with Gasteiger partial charge in [-0.3, -0.25) is 4.79 Å². The van der Waals surface area contributed by atoms with Crippen molar-refractivity contribution in [2.75, 3.05) is 13.7 Å². The summed E-state index contributed by atoms with van der Waals surface area (Å²) >= 11 is 0. The highest BCUT2D eigenvalue weighted by molar-refractivity contribution is 7.89. The number of nitrogens with one attached hydrogen (secondary N) is 2. The number of para-hydroxylation sites is 1. The summed E-state index contributed by atoms with van der Waals surface area (Å²) in [7, 11) is -1.96. The van der Waals surface area contributed by atoms with Crippen molar-refractivity contribution in [1.82, 2.24) is 10.0 Å². The van der Waals surface area contributed by atoms with Crippen molar-refractivity contribution >= 4 is 15.9 Å². The predicted molar refractivity (Wildman–Crippen MR) is 125 cm³/mol. The normalized spacial score (nSPS) is 11.2. The van der Waals surface area contributed by atoms with Gasteiger partial charge in [0.15, 0.2) is 0 Å². The molecule has 3 aromatic rings. The van der Waals surface area contributed by atoms with Gasteiger partial charge in [0.2, 0.25) is 15.9 Å². The topological polar surface area (TPSA) is 84.5 Å². The summed E-state index contributed by atoms with van der Waals surface area (Å²) in [5.41, 5.74) is 2.90. The summed E-state index contributed by atoms with van der Waals surface area (Å²) in [6, 6.07) is 23.9. The van der Waals surface area contributed by atoms with Crippen LogP contribution < -0.4 is 14.8 Å². The Morgan fingerprint density at radius 1 is 0.844 bits per heavy atom. The highest BCUT2D eigenvalue weighted by atomic mass is 32.2. The van der Waals surface area contributed by atoms with E-state index < -0.39 is 10.0 Å². The zero-order chi connectivity index (χ0) is 22.8. The summed E-state index contributed by atoms with van der Waals surface area (Å²) in [4.78, 5) is 12.4. The molecule has 2 N–H and O–H groups in total. The number of hydrogen-bond acceptors (Lipinski definition) is 4. The van der Waals surface area contributed by atoms with Crippen LogP contribution in [-0.4, -0.2) is 28.0 Å². The van der Waals surface area contributed by atoms with Crippen LogP contribution in [0.25, 0.3) is 0 Å². The van der Waals surface area contributed by atoms with Crippen molar-refractivity contribution in [3.8, 4) is 5.75 Å². The molecule has 0 saturated heterocycles. The van der Waals surface area contributed by atoms with Gasteiger partial charge in [0.05, 0.1) is 12.0 Å². The van der Waals surface area contributed by atoms with Gasteiger partial charge in [-0.1, -0.05) is 60.7 Å². The third-order valence-corrected chi connectivity index (χ3v) is 6.57. The van der Waals surface area contributed by atoms with Crippen LogP contribution >= 0.6 is 0 Å². The lowest BCUT2D eigenvalue weighted by Gasteiger charge is -2.10. The van der Waals surface area contributed by atoms with Crippen LogP contribution in [0.3, 0.4) is 0 Å². The van der Waals surface area contributed by atoms with E-state index in [-0.39, 0.29) is 10.8 Å². The number of amides is 1. The minimum absolute atomic E-state index is 0.0739. The van der Waals surface area contributed by atoms with Crippen LogP contribution in [0.1, 0.15) is 23.1 Å². The lowest BCUT2D eigenvalue weighted by atomic mass is 10.1. The molecule has 0 atom stereocenters. The zero-order valence-electron chi connectivity index (χ0n) is 18.1. The lowest BCUT2D eigenvalue weighted by Crippen LogP contribution is -2.26. The first-order valence-electron chi connectivity index (χ1n) is 10.5. The number of carbonyl (C=O) groups is 1. The van der Waals surface area contributed by atoms with Gasteiger partial charge in [-0.25, -0.2) is 13.1 Å². The van der Waals surface area contributed by atoms with Gasteiger partial charge in [-0.15, -0.1) is 0 Å². The smallest absolute Gasteiger partial charge is 0.240 e. The first kappa shape index (κ1) is 23.5. The van der Waals surface area contributed by atoms with Gasteiger partial charge < -0.3 is 10.1 Å². The summed E-state index contributed by atoms with van der Waals surface area (Å²) in [5, 5.41) is 2.89. The SMILES string of the molecule is COc1ccccc1CNC(=O)CCc1ccc(S(=O)(=O)NCCc2ccccc2)cc1. The van der Waals surface area contributed by atoms with Gasteiger partial charge in [0, 0.05) is 25.1 Å². The molecule has 0 radical (unpaired) electrons. The molecule has 3 aromatic carbocycles. The van der Waals surface area contributed by atoms with Crippen molar-refractivity contribution < 1.29 is 17.9 Å². The van der Waals surface area contributed by atoms with Crippen molar-refractivity contribution in [3.05, 3.63) is 95.6 Å². The third-order valence-electron chi connectivity index (χ3n) is 5.09. The summed E-state index contributed by atoms with van der Waals surface area (Å²) in [5.74, 6) is 0.664. The highest BCUT2D eigenvalue weighted by Crippen LogP contribution is 2.17. The average molecular weight is 453 g/mol. The Hall–Kier alpha value is -3.16. The van der Waals surface area contributed by atoms with Crippen LogP contribution in [0, 0.1) is 0 Å². The Morgan fingerprint density at radius 2 is 1.50 bits per heavy atom. The molecule has 0 fully saturated rings. The molecule has 0 aliphatic rings. The maximum atomic E-state index is 12.5. The second-order valence-electron chi connectivity index (χ2n) is 7.37. The fourth-order valence-electron chi connectivity index (χ4n) is 3.28. The number of benzene rings is 3. The van der Waals surface area contributed by atoms with Crippen LogP contribution in [-0.2, 0) is 34.2 Å². The van der Waals surface area contributed by atoms with E-state index in [1.165, 1.54) is 0 Å². The van der Waals surface area contributed by atoms with E-state index in [2.05, 4.69) is 10.0 Å². The minimum Gasteiger partial charge on any atom is -0.496 e. The molecule has 6 nitrogen and oxygen atoms in total. The van der Waals surface area contributed by atoms with Crippen molar-refractivity contribution in [2.45, 2.75) is 30.7 Å². The number of methoxy groups -OCH3 is 1. The molecular weight excluding hydrogens is 424 g/mol. The van der Waals surface area contributed by atoms with Gasteiger partial charge in [0.1, 0.15) is 5.75 Å². The molecule has 0 aromatic heterocycles. The minimum atomic E-state index is -3.57. The van der Waals surface area contributed by atoms with Gasteiger partial charge in [-0.2, -0.15) is 0 Å². The largest absolute Gasteiger partial charge is 0.496 e. The van der Waals surface area contributed by atoms with Crippen LogP contribution in [0.4, 0.5) is 0 Å². The van der Waals surface area contributed by atoms with Crippen molar-refractivity contribution in [2.24, 2.45) is 0 Å². The molecule has 0 heterocycles. The maximum Gasteiger partial charge on any atom is 0.240 e. The first-order chi connectivity index (χ1) is 15.5. The van der Waals surface area contributed by atoms with Gasteiger partial charge >= 0.3 is 0 Å². The summed E-state index contributed by atoms with van der Waals surface area (Å²) < 4.78 is 32.9. The average Bonchev–Trinajstić information content (AvgIpc) is 2.82. The molecular formula is C25H28N2O4S. The fraction of sp³-hybridized carbons (Fsp3) is 0.240. The Bertz CT molecular complexity index is 1110. The summed E-state index contributed by atoms with van der Waals surface area (Å²) in [6.07, 6.45) is 1.47. The second-order valence-corrected chi connectivity index (χ2v) is 9.13. The molecule has 0 aliphatic carbocycles. The molecule has 168 valence electrons. The van der Waals surface area contributed by atoms with Crippen LogP contribution in [0.2, 0.25) is 0 Å². The van der Waals surface area contributed by atoms with Crippen molar-refractivity contribution in [3.63, 3.8) is 0 Å². The van der Waals surface area contributed by atoms with E-state index >= 15 is 0 Å². The zero-order valence-corrected chi connectivity index (χ0v) is 18.9. The van der Waals surface area contributed by atoms with Crippen LogP contribution in [0.15, 0.2) is 83.8 Å². The quantitative estimate of drug-likeness (QED) is 0.467. The molecule has 7 heteroatoms. The van der Waals surface area contributed by atoms with E-state index in [0.717, 1.165) is 22.4 Å². The summed E-state index contributed by atoms with van der Waals surface area (Å²) in [6.45, 7) is 0.731. The van der Waals surface area contributed by atoms with E-state index in [1.54, 1.807) is 31.4 Å². The Labute approximate surface area is 189 Å². The molecule has 0 spiro atoms. The fourth-order valence-corrected chi connectivity index (χ4v) is 4.31. The Balaban J connectivity index is 1.45. The maximum absolute atomic E-state index is 12.5. The Kier molecular flexibility index (Phi) is 8.41. The molecule has 32 heavy (non-hydrogen) atoms. The molecule has 1 amide bonds. The van der Waals surface area contributed by atoms with Crippen LogP contribution in [0.5, 0.6) is 5.75 Å². The molecule has 0 unspecified atom stereocenters. The number of sulfonamides is 1. The van der Waals surface area contributed by atoms with Gasteiger partial charge in [-0.05, 0) is 42.2 Å². The Morgan fingerprint density at radius 3 is 2.22 bits per heavy atom. The predicted octanol–water partition coefficient (Wildman–Crippen LogP) is 3.47. The van der Waals surface area contributed by atoms with E-state index in [0.29, 0.717) is 32.4 Å². The highest BCUT2D eigenvalue weighted by Gasteiger charge is 2.13. The van der Waals surface area contributed by atoms with E-state index in [1.807, 2.05) is 54.6 Å². The number of ether oxygens (including phenoxy) is 1. The first-order valence-corrected chi connectivity index (χ1v) is 12.0. The third kappa shape index (κ3) is 6.93. The number of aryl methyl sites for hydroxylation is 1.